The maximum absolute atomic E-state index is 13.0. The van der Waals surface area contributed by atoms with E-state index in [9.17, 15) is 4.79 Å². The number of benzene rings is 2. The fourth-order valence-corrected chi connectivity index (χ4v) is 3.78. The van der Waals surface area contributed by atoms with Crippen LogP contribution in [-0.4, -0.2) is 22.3 Å². The third-order valence-corrected chi connectivity index (χ3v) is 5.00. The molecule has 0 bridgehead atoms. The van der Waals surface area contributed by atoms with Crippen LogP contribution in [0.2, 0.25) is 0 Å². The van der Waals surface area contributed by atoms with Crippen molar-refractivity contribution in [1.82, 2.24) is 9.88 Å². The van der Waals surface area contributed by atoms with Crippen LogP contribution in [0.15, 0.2) is 59.1 Å². The number of nitrogens with zero attached hydrogens (tertiary/aromatic N) is 1. The molecule has 1 fully saturated rings. The maximum atomic E-state index is 13.0. The summed E-state index contributed by atoms with van der Waals surface area (Å²) in [5, 5.41) is 1.05. The smallest absolute Gasteiger partial charge is 0.270 e. The summed E-state index contributed by atoms with van der Waals surface area (Å²) >= 11 is 3.48. The molecule has 23 heavy (non-hydrogen) atoms. The number of aromatic amines is 1. The van der Waals surface area contributed by atoms with Gasteiger partial charge in [0.25, 0.3) is 5.91 Å². The van der Waals surface area contributed by atoms with Gasteiger partial charge in [-0.1, -0.05) is 46.3 Å². The molecule has 1 N–H and O–H groups in total. The second kappa shape index (κ2) is 5.85. The number of aromatic nitrogens is 1. The van der Waals surface area contributed by atoms with Gasteiger partial charge >= 0.3 is 0 Å². The second-order valence-electron chi connectivity index (χ2n) is 5.98. The fraction of sp³-hybridized carbons (Fsp3) is 0.211. The molecule has 116 valence electrons. The molecule has 2 aromatic carbocycles. The molecule has 0 unspecified atom stereocenters. The summed E-state index contributed by atoms with van der Waals surface area (Å²) in [6.07, 6.45) is 2.08. The van der Waals surface area contributed by atoms with Crippen molar-refractivity contribution in [3.8, 4) is 0 Å². The highest BCUT2D eigenvalue weighted by atomic mass is 79.9. The van der Waals surface area contributed by atoms with Crippen LogP contribution < -0.4 is 0 Å². The van der Waals surface area contributed by atoms with E-state index in [1.807, 2.05) is 47.4 Å². The van der Waals surface area contributed by atoms with Crippen molar-refractivity contribution >= 4 is 32.7 Å². The maximum Gasteiger partial charge on any atom is 0.270 e. The Balaban J connectivity index is 1.66. The summed E-state index contributed by atoms with van der Waals surface area (Å²) in [5.41, 5.74) is 2.88. The number of nitrogens with one attached hydrogen (secondary N) is 1. The minimum absolute atomic E-state index is 0.0867. The summed E-state index contributed by atoms with van der Waals surface area (Å²) in [4.78, 5) is 18.2. The zero-order chi connectivity index (χ0) is 15.8. The average Bonchev–Trinajstić information content (AvgIpc) is 3.21. The van der Waals surface area contributed by atoms with Crippen LogP contribution in [0.25, 0.3) is 10.9 Å². The number of amides is 1. The Morgan fingerprint density at radius 1 is 1.13 bits per heavy atom. The van der Waals surface area contributed by atoms with Gasteiger partial charge in [-0.2, -0.15) is 0 Å². The van der Waals surface area contributed by atoms with Gasteiger partial charge < -0.3 is 9.88 Å². The lowest BCUT2D eigenvalue weighted by molar-refractivity contribution is 0.0730. The Kier molecular flexibility index (Phi) is 3.69. The van der Waals surface area contributed by atoms with Gasteiger partial charge in [-0.3, -0.25) is 4.79 Å². The topological polar surface area (TPSA) is 36.1 Å². The summed E-state index contributed by atoms with van der Waals surface area (Å²) in [6, 6.07) is 18.4. The zero-order valence-electron chi connectivity index (χ0n) is 12.6. The molecule has 1 amide bonds. The Morgan fingerprint density at radius 2 is 1.96 bits per heavy atom. The quantitative estimate of drug-likeness (QED) is 0.685. The first-order valence-electron chi connectivity index (χ1n) is 7.86. The second-order valence-corrected chi connectivity index (χ2v) is 6.90. The number of hydrogen-bond acceptors (Lipinski definition) is 1. The minimum atomic E-state index is 0.0867. The summed E-state index contributed by atoms with van der Waals surface area (Å²) in [5.74, 6) is 0.0867. The number of hydrogen-bond donors (Lipinski definition) is 1. The van der Waals surface area contributed by atoms with E-state index in [0.29, 0.717) is 5.69 Å². The predicted octanol–water partition coefficient (Wildman–Crippen LogP) is 4.91. The summed E-state index contributed by atoms with van der Waals surface area (Å²) < 4.78 is 1.02. The molecule has 0 saturated carbocycles. The number of carbonyl (C=O) groups is 1. The van der Waals surface area contributed by atoms with Gasteiger partial charge in [0.1, 0.15) is 5.69 Å². The molecule has 0 spiro atoms. The van der Waals surface area contributed by atoms with Crippen molar-refractivity contribution in [3.63, 3.8) is 0 Å². The van der Waals surface area contributed by atoms with Gasteiger partial charge in [0, 0.05) is 21.9 Å². The van der Waals surface area contributed by atoms with Crippen LogP contribution in [0.3, 0.4) is 0 Å². The van der Waals surface area contributed by atoms with Crippen LogP contribution in [0.1, 0.15) is 34.9 Å². The van der Waals surface area contributed by atoms with Crippen LogP contribution in [0, 0.1) is 0 Å². The summed E-state index contributed by atoms with van der Waals surface area (Å²) in [6.45, 7) is 0.817. The third-order valence-electron chi connectivity index (χ3n) is 4.51. The van der Waals surface area contributed by atoms with Gasteiger partial charge in [0.05, 0.1) is 6.04 Å². The minimum Gasteiger partial charge on any atom is -0.351 e. The first-order chi connectivity index (χ1) is 11.2. The Labute approximate surface area is 143 Å². The molecule has 0 radical (unpaired) electrons. The van der Waals surface area contributed by atoms with Crippen molar-refractivity contribution in [3.05, 3.63) is 70.3 Å². The van der Waals surface area contributed by atoms with Gasteiger partial charge in [-0.25, -0.2) is 0 Å². The normalized spacial score (nSPS) is 17.8. The Morgan fingerprint density at radius 3 is 2.78 bits per heavy atom. The first kappa shape index (κ1) is 14.5. The van der Waals surface area contributed by atoms with Crippen LogP contribution in [0.4, 0.5) is 0 Å². The summed E-state index contributed by atoms with van der Waals surface area (Å²) in [7, 11) is 0. The van der Waals surface area contributed by atoms with Crippen molar-refractivity contribution < 1.29 is 4.79 Å². The van der Waals surface area contributed by atoms with Crippen molar-refractivity contribution in [2.45, 2.75) is 18.9 Å². The highest BCUT2D eigenvalue weighted by Gasteiger charge is 2.31. The largest absolute Gasteiger partial charge is 0.351 e. The van der Waals surface area contributed by atoms with Crippen molar-refractivity contribution in [2.75, 3.05) is 6.54 Å². The highest BCUT2D eigenvalue weighted by Crippen LogP contribution is 2.33. The van der Waals surface area contributed by atoms with Crippen LogP contribution in [-0.2, 0) is 0 Å². The molecule has 1 saturated heterocycles. The Hall–Kier alpha value is -2.07. The predicted molar refractivity (Wildman–Crippen MR) is 95.5 cm³/mol. The van der Waals surface area contributed by atoms with E-state index in [-0.39, 0.29) is 11.9 Å². The number of H-pyrrole nitrogens is 1. The number of halogens is 1. The SMILES string of the molecule is O=C(c1cc2cc(Br)ccc2[nH]1)N1CCC[C@H]1c1ccccc1. The molecule has 3 aromatic rings. The fourth-order valence-electron chi connectivity index (χ4n) is 3.40. The molecular formula is C19H17BrN2O. The van der Waals surface area contributed by atoms with E-state index in [4.69, 9.17) is 0 Å². The lowest BCUT2D eigenvalue weighted by Gasteiger charge is -2.24. The molecule has 1 atom stereocenters. The lowest BCUT2D eigenvalue weighted by Crippen LogP contribution is -2.30. The highest BCUT2D eigenvalue weighted by molar-refractivity contribution is 9.10. The Bertz CT molecular complexity index is 856. The van der Waals surface area contributed by atoms with E-state index < -0.39 is 0 Å². The first-order valence-corrected chi connectivity index (χ1v) is 8.66. The van der Waals surface area contributed by atoms with Gasteiger partial charge in [-0.15, -0.1) is 0 Å². The standard InChI is InChI=1S/C19H17BrN2O/c20-15-8-9-16-14(11-15)12-17(21-16)19(23)22-10-4-7-18(22)13-5-2-1-3-6-13/h1-3,5-6,8-9,11-12,18,21H,4,7,10H2/t18-/m0/s1. The molecule has 2 heterocycles. The number of likely N-dealkylation sites (tertiary alicyclic amines) is 1. The van der Waals surface area contributed by atoms with E-state index in [1.54, 1.807) is 0 Å². The van der Waals surface area contributed by atoms with E-state index >= 15 is 0 Å². The lowest BCUT2D eigenvalue weighted by atomic mass is 10.0. The molecule has 0 aliphatic carbocycles. The molecular weight excluding hydrogens is 352 g/mol. The number of fused-ring (bicyclic) bond motifs is 1. The molecule has 3 nitrogen and oxygen atoms in total. The molecule has 1 aliphatic heterocycles. The molecule has 1 aliphatic rings. The van der Waals surface area contributed by atoms with Gasteiger partial charge in [0.15, 0.2) is 0 Å². The number of rotatable bonds is 2. The van der Waals surface area contributed by atoms with E-state index in [1.165, 1.54) is 5.56 Å². The van der Waals surface area contributed by atoms with Gasteiger partial charge in [0.2, 0.25) is 0 Å². The van der Waals surface area contributed by atoms with Crippen LogP contribution in [0.5, 0.6) is 0 Å². The third kappa shape index (κ3) is 2.68. The van der Waals surface area contributed by atoms with E-state index in [0.717, 1.165) is 34.8 Å². The monoisotopic (exact) mass is 368 g/mol. The van der Waals surface area contributed by atoms with Gasteiger partial charge in [-0.05, 0) is 42.7 Å². The van der Waals surface area contributed by atoms with Crippen LogP contribution >= 0.6 is 15.9 Å². The molecule has 4 rings (SSSR count). The zero-order valence-corrected chi connectivity index (χ0v) is 14.2. The van der Waals surface area contributed by atoms with E-state index in [2.05, 4.69) is 33.0 Å². The average molecular weight is 369 g/mol. The molecule has 1 aromatic heterocycles. The van der Waals surface area contributed by atoms with Crippen molar-refractivity contribution in [2.24, 2.45) is 0 Å². The van der Waals surface area contributed by atoms with Crippen molar-refractivity contribution in [1.29, 1.82) is 0 Å². The number of carbonyl (C=O) groups excluding carboxylic acids is 1. The molecule has 4 heteroatoms.